The molecule has 226 valence electrons. The number of nitrogens with zero attached hydrogens (tertiary/aromatic N) is 4. The van der Waals surface area contributed by atoms with Crippen LogP contribution in [0.15, 0.2) is 18.2 Å². The highest BCUT2D eigenvalue weighted by molar-refractivity contribution is 7.89. The molecule has 2 aromatic heterocycles. The standard InChI is InChI=1S/C28H44N8O4S/c1-19-14-27(34-33-19)31-26-17-25-24(7-6-20(29-25)18-35-8-10-40-11-9-35)28(32-26)30-21-15-22-4-3-5-23(16-21)36(22)41(37,38)13-12-39-2/h6-7,17,19,21-23,27,33-34H,3-5,8-16,18H2,1-2H3,(H2,30,31,32)/t19?,21?,22-,23+,27?. The highest BCUT2D eigenvalue weighted by Crippen LogP contribution is 2.38. The van der Waals surface area contributed by atoms with E-state index in [1.165, 1.54) is 0 Å². The lowest BCUT2D eigenvalue weighted by Crippen LogP contribution is -2.57. The Kier molecular flexibility index (Phi) is 8.92. The summed E-state index contributed by atoms with van der Waals surface area (Å²) in [4.78, 5) is 12.5. The maximum absolute atomic E-state index is 13.2. The van der Waals surface area contributed by atoms with E-state index in [9.17, 15) is 8.42 Å². The fraction of sp³-hybridized carbons (Fsp3) is 0.714. The van der Waals surface area contributed by atoms with E-state index in [1.807, 2.05) is 6.07 Å². The fourth-order valence-corrected chi connectivity index (χ4v) is 8.70. The number of anilines is 2. The highest BCUT2D eigenvalue weighted by atomic mass is 32.2. The molecular weight excluding hydrogens is 544 g/mol. The third kappa shape index (κ3) is 6.76. The zero-order chi connectivity index (χ0) is 28.4. The third-order valence-electron chi connectivity index (χ3n) is 8.76. The Labute approximate surface area is 243 Å². The van der Waals surface area contributed by atoms with Crippen molar-refractivity contribution < 1.29 is 17.9 Å². The number of hydrogen-bond acceptors (Lipinski definition) is 11. The first kappa shape index (κ1) is 29.0. The van der Waals surface area contributed by atoms with Crippen molar-refractivity contribution in [1.82, 2.24) is 30.0 Å². The lowest BCUT2D eigenvalue weighted by molar-refractivity contribution is 0.0337. The molecule has 0 spiro atoms. The van der Waals surface area contributed by atoms with Crippen LogP contribution < -0.4 is 21.5 Å². The van der Waals surface area contributed by atoms with Gasteiger partial charge in [0, 0.05) is 62.4 Å². The third-order valence-corrected chi connectivity index (χ3v) is 10.7. The predicted molar refractivity (Wildman–Crippen MR) is 159 cm³/mol. The van der Waals surface area contributed by atoms with Crippen LogP contribution in [0.4, 0.5) is 11.6 Å². The van der Waals surface area contributed by atoms with Crippen molar-refractivity contribution in [1.29, 1.82) is 0 Å². The molecule has 0 radical (unpaired) electrons. The molecule has 0 aliphatic carbocycles. The van der Waals surface area contributed by atoms with E-state index in [0.717, 1.165) is 99.6 Å². The van der Waals surface area contributed by atoms with Crippen LogP contribution in [0.1, 0.15) is 51.1 Å². The molecule has 2 bridgehead atoms. The molecule has 0 amide bonds. The summed E-state index contributed by atoms with van der Waals surface area (Å²) in [5.74, 6) is 1.60. The molecule has 0 saturated carbocycles. The van der Waals surface area contributed by atoms with Crippen LogP contribution in [-0.2, 0) is 26.0 Å². The first-order chi connectivity index (χ1) is 19.9. The Balaban J connectivity index is 1.25. The van der Waals surface area contributed by atoms with Gasteiger partial charge < -0.3 is 20.1 Å². The van der Waals surface area contributed by atoms with Gasteiger partial charge in [0.15, 0.2) is 0 Å². The zero-order valence-corrected chi connectivity index (χ0v) is 25.0. The van der Waals surface area contributed by atoms with E-state index in [0.29, 0.717) is 6.04 Å². The summed E-state index contributed by atoms with van der Waals surface area (Å²) in [6, 6.07) is 6.76. The Morgan fingerprint density at radius 2 is 1.85 bits per heavy atom. The molecule has 4 N–H and O–H groups in total. The quantitative estimate of drug-likeness (QED) is 0.324. The number of aromatic nitrogens is 2. The SMILES string of the molecule is COCCS(=O)(=O)N1[C@@H]2CCC[C@H]1CC(Nc1nc(NC3CC(C)NN3)cc3nc(CN4CCOCC4)ccc13)C2. The van der Waals surface area contributed by atoms with Crippen molar-refractivity contribution in [3.8, 4) is 0 Å². The van der Waals surface area contributed by atoms with Gasteiger partial charge in [-0.15, -0.1) is 0 Å². The van der Waals surface area contributed by atoms with Gasteiger partial charge in [-0.3, -0.25) is 15.3 Å². The van der Waals surface area contributed by atoms with Crippen LogP contribution in [0, 0.1) is 0 Å². The number of sulfonamides is 1. The molecule has 4 saturated heterocycles. The Morgan fingerprint density at radius 3 is 2.56 bits per heavy atom. The summed E-state index contributed by atoms with van der Waals surface area (Å²) in [5, 5.41) is 8.26. The van der Waals surface area contributed by atoms with E-state index < -0.39 is 10.0 Å². The Hall–Kier alpha value is -2.13. The van der Waals surface area contributed by atoms with Gasteiger partial charge in [-0.25, -0.2) is 18.8 Å². The van der Waals surface area contributed by atoms with Crippen molar-refractivity contribution in [3.63, 3.8) is 0 Å². The van der Waals surface area contributed by atoms with Crippen LogP contribution in [0.3, 0.4) is 0 Å². The minimum absolute atomic E-state index is 0.00271. The summed E-state index contributed by atoms with van der Waals surface area (Å²) in [6.07, 6.45) is 5.37. The number of piperidine rings is 2. The summed E-state index contributed by atoms with van der Waals surface area (Å²) >= 11 is 0. The molecule has 41 heavy (non-hydrogen) atoms. The molecule has 6 rings (SSSR count). The van der Waals surface area contributed by atoms with E-state index in [1.54, 1.807) is 11.4 Å². The van der Waals surface area contributed by atoms with E-state index in [2.05, 4.69) is 45.4 Å². The minimum atomic E-state index is -3.36. The molecule has 4 fully saturated rings. The average Bonchev–Trinajstić information content (AvgIpc) is 3.36. The first-order valence-electron chi connectivity index (χ1n) is 15.0. The summed E-state index contributed by atoms with van der Waals surface area (Å²) in [7, 11) is -1.81. The topological polar surface area (TPSA) is 133 Å². The summed E-state index contributed by atoms with van der Waals surface area (Å²) in [6.45, 7) is 6.50. The van der Waals surface area contributed by atoms with Gasteiger partial charge >= 0.3 is 0 Å². The lowest BCUT2D eigenvalue weighted by Gasteiger charge is -2.48. The molecule has 6 heterocycles. The number of rotatable bonds is 10. The van der Waals surface area contributed by atoms with Gasteiger partial charge in [0.05, 0.1) is 42.9 Å². The first-order valence-corrected chi connectivity index (χ1v) is 16.6. The second-order valence-electron chi connectivity index (χ2n) is 11.9. The molecule has 4 aliphatic rings. The zero-order valence-electron chi connectivity index (χ0n) is 24.1. The maximum atomic E-state index is 13.2. The Bertz CT molecular complexity index is 1290. The van der Waals surface area contributed by atoms with Crippen molar-refractivity contribution in [2.24, 2.45) is 0 Å². The number of hydrazine groups is 1. The van der Waals surface area contributed by atoms with Gasteiger partial charge in [-0.05, 0) is 51.2 Å². The second-order valence-corrected chi connectivity index (χ2v) is 13.9. The highest BCUT2D eigenvalue weighted by Gasteiger charge is 2.44. The van der Waals surface area contributed by atoms with Crippen LogP contribution in [0.2, 0.25) is 0 Å². The van der Waals surface area contributed by atoms with Crippen LogP contribution in [-0.4, -0.2) is 104 Å². The van der Waals surface area contributed by atoms with Crippen molar-refractivity contribution in [2.75, 3.05) is 56.4 Å². The monoisotopic (exact) mass is 588 g/mol. The molecule has 13 heteroatoms. The number of hydrogen-bond donors (Lipinski definition) is 4. The van der Waals surface area contributed by atoms with E-state index in [-0.39, 0.29) is 36.7 Å². The molecule has 2 aromatic rings. The fourth-order valence-electron chi connectivity index (χ4n) is 6.82. The minimum Gasteiger partial charge on any atom is -0.384 e. The number of methoxy groups -OCH3 is 1. The van der Waals surface area contributed by atoms with Crippen molar-refractivity contribution >= 4 is 32.6 Å². The average molecular weight is 589 g/mol. The van der Waals surface area contributed by atoms with Crippen LogP contribution in [0.5, 0.6) is 0 Å². The number of ether oxygens (including phenoxy) is 2. The lowest BCUT2D eigenvalue weighted by atomic mass is 9.84. The smallest absolute Gasteiger partial charge is 0.216 e. The van der Waals surface area contributed by atoms with Crippen molar-refractivity contribution in [3.05, 3.63) is 23.9 Å². The molecular formula is C28H44N8O4S. The van der Waals surface area contributed by atoms with Crippen LogP contribution in [0.25, 0.3) is 10.9 Å². The molecule has 0 aromatic carbocycles. The molecule has 4 aliphatic heterocycles. The van der Waals surface area contributed by atoms with Gasteiger partial charge in [0.2, 0.25) is 10.0 Å². The number of pyridine rings is 2. The molecule has 12 nitrogen and oxygen atoms in total. The van der Waals surface area contributed by atoms with Gasteiger partial charge in [0.25, 0.3) is 0 Å². The predicted octanol–water partition coefficient (Wildman–Crippen LogP) is 1.86. The summed E-state index contributed by atoms with van der Waals surface area (Å²) < 4.78 is 38.8. The van der Waals surface area contributed by atoms with Crippen molar-refractivity contribution in [2.45, 2.75) is 82.3 Å². The van der Waals surface area contributed by atoms with Crippen LogP contribution >= 0.6 is 0 Å². The maximum Gasteiger partial charge on any atom is 0.216 e. The van der Waals surface area contributed by atoms with Gasteiger partial charge in [-0.1, -0.05) is 6.42 Å². The normalized spacial score (nSPS) is 29.6. The van der Waals surface area contributed by atoms with Gasteiger partial charge in [0.1, 0.15) is 11.6 Å². The van der Waals surface area contributed by atoms with E-state index in [4.69, 9.17) is 19.4 Å². The largest absolute Gasteiger partial charge is 0.384 e. The van der Waals surface area contributed by atoms with E-state index >= 15 is 0 Å². The number of morpholine rings is 1. The number of fused-ring (bicyclic) bond motifs is 3. The van der Waals surface area contributed by atoms with Gasteiger partial charge in [-0.2, -0.15) is 4.31 Å². The summed E-state index contributed by atoms with van der Waals surface area (Å²) in [5.41, 5.74) is 8.49. The number of nitrogens with one attached hydrogen (secondary N) is 4. The molecule has 3 unspecified atom stereocenters. The second kappa shape index (κ2) is 12.6. The Morgan fingerprint density at radius 1 is 1.07 bits per heavy atom. The molecule has 5 atom stereocenters.